The number of amides is 1. The molecule has 1 aromatic carbocycles. The van der Waals surface area contributed by atoms with Gasteiger partial charge in [-0.15, -0.1) is 0 Å². The van der Waals surface area contributed by atoms with E-state index in [1.54, 1.807) is 16.7 Å². The standard InChI is InChI=1S/C16H14FN5O2/c17-12-6-5-11(14-10(12)2-1-7-18-14)15(23)19-8-13-20-21-16(24)22(13)9-3-4-9/h1-2,5-7,9H,3-4,8H2,(H,19,23)(H,21,24). The topological polar surface area (TPSA) is 92.7 Å². The van der Waals surface area contributed by atoms with Gasteiger partial charge in [-0.3, -0.25) is 14.3 Å². The van der Waals surface area contributed by atoms with Crippen molar-refractivity contribution in [2.75, 3.05) is 0 Å². The number of nitrogens with zero attached hydrogens (tertiary/aromatic N) is 3. The van der Waals surface area contributed by atoms with Crippen LogP contribution in [0, 0.1) is 5.82 Å². The summed E-state index contributed by atoms with van der Waals surface area (Å²) in [6, 6.07) is 6.00. The molecule has 1 saturated carbocycles. The monoisotopic (exact) mass is 327 g/mol. The highest BCUT2D eigenvalue weighted by atomic mass is 19.1. The molecule has 122 valence electrons. The SMILES string of the molecule is O=C(NCc1n[nH]c(=O)n1C1CC1)c1ccc(F)c2cccnc12. The van der Waals surface area contributed by atoms with Crippen LogP contribution in [0.3, 0.4) is 0 Å². The van der Waals surface area contributed by atoms with Crippen LogP contribution in [-0.2, 0) is 6.54 Å². The molecule has 1 aliphatic carbocycles. The van der Waals surface area contributed by atoms with E-state index in [0.29, 0.717) is 16.7 Å². The van der Waals surface area contributed by atoms with Gasteiger partial charge in [-0.1, -0.05) is 0 Å². The zero-order valence-electron chi connectivity index (χ0n) is 12.6. The summed E-state index contributed by atoms with van der Waals surface area (Å²) in [6.45, 7) is 0.111. The molecule has 0 atom stereocenters. The van der Waals surface area contributed by atoms with E-state index in [-0.39, 0.29) is 23.8 Å². The minimum absolute atomic E-state index is 0.111. The molecule has 3 aromatic rings. The lowest BCUT2D eigenvalue weighted by atomic mass is 10.1. The maximum Gasteiger partial charge on any atom is 0.343 e. The van der Waals surface area contributed by atoms with E-state index in [1.165, 1.54) is 18.3 Å². The third-order valence-corrected chi connectivity index (χ3v) is 4.06. The molecule has 24 heavy (non-hydrogen) atoms. The third-order valence-electron chi connectivity index (χ3n) is 4.06. The van der Waals surface area contributed by atoms with Gasteiger partial charge in [0, 0.05) is 17.6 Å². The first-order chi connectivity index (χ1) is 11.6. The highest BCUT2D eigenvalue weighted by molar-refractivity contribution is 6.05. The fourth-order valence-electron chi connectivity index (χ4n) is 2.75. The number of aromatic nitrogens is 4. The molecule has 2 aromatic heterocycles. The second-order valence-electron chi connectivity index (χ2n) is 5.72. The smallest absolute Gasteiger partial charge is 0.343 e. The number of H-pyrrole nitrogens is 1. The lowest BCUT2D eigenvalue weighted by Gasteiger charge is -2.08. The molecule has 0 spiro atoms. The van der Waals surface area contributed by atoms with E-state index in [2.05, 4.69) is 20.5 Å². The predicted octanol–water partition coefficient (Wildman–Crippen LogP) is 1.52. The van der Waals surface area contributed by atoms with Gasteiger partial charge >= 0.3 is 5.69 Å². The van der Waals surface area contributed by atoms with Gasteiger partial charge in [0.25, 0.3) is 5.91 Å². The highest BCUT2D eigenvalue weighted by Crippen LogP contribution is 2.34. The maximum absolute atomic E-state index is 13.8. The van der Waals surface area contributed by atoms with Gasteiger partial charge in [-0.2, -0.15) is 5.10 Å². The van der Waals surface area contributed by atoms with Crippen LogP contribution in [0.5, 0.6) is 0 Å². The number of pyridine rings is 1. The summed E-state index contributed by atoms with van der Waals surface area (Å²) in [5.74, 6) is -0.337. The Kier molecular flexibility index (Phi) is 3.37. The highest BCUT2D eigenvalue weighted by Gasteiger charge is 2.28. The molecule has 0 aliphatic heterocycles. The summed E-state index contributed by atoms with van der Waals surface area (Å²) in [7, 11) is 0. The summed E-state index contributed by atoms with van der Waals surface area (Å²) < 4.78 is 15.4. The molecule has 2 N–H and O–H groups in total. The molecule has 0 unspecified atom stereocenters. The first-order valence-electron chi connectivity index (χ1n) is 7.62. The summed E-state index contributed by atoms with van der Waals surface area (Å²) in [4.78, 5) is 28.3. The van der Waals surface area contributed by atoms with E-state index < -0.39 is 11.7 Å². The Hall–Kier alpha value is -3.03. The zero-order chi connectivity index (χ0) is 16.7. The van der Waals surface area contributed by atoms with Crippen molar-refractivity contribution >= 4 is 16.8 Å². The quantitative estimate of drug-likeness (QED) is 0.760. The lowest BCUT2D eigenvalue weighted by molar-refractivity contribution is 0.0951. The van der Waals surface area contributed by atoms with Crippen molar-refractivity contribution in [1.82, 2.24) is 25.1 Å². The summed E-state index contributed by atoms with van der Waals surface area (Å²) >= 11 is 0. The Bertz CT molecular complexity index is 990. The van der Waals surface area contributed by atoms with Crippen molar-refractivity contribution in [3.8, 4) is 0 Å². The number of nitrogens with one attached hydrogen (secondary N) is 2. The summed E-state index contributed by atoms with van der Waals surface area (Å²) in [5, 5.41) is 9.37. The molecule has 0 bridgehead atoms. The van der Waals surface area contributed by atoms with Crippen LogP contribution in [0.4, 0.5) is 4.39 Å². The minimum Gasteiger partial charge on any atom is -0.345 e. The number of halogens is 1. The Balaban J connectivity index is 1.59. The number of carbonyl (C=O) groups is 1. The number of fused-ring (bicyclic) bond motifs is 1. The number of hydrogen-bond donors (Lipinski definition) is 2. The molecular formula is C16H14FN5O2. The first-order valence-corrected chi connectivity index (χ1v) is 7.62. The molecule has 1 aliphatic rings. The lowest BCUT2D eigenvalue weighted by Crippen LogP contribution is -2.27. The van der Waals surface area contributed by atoms with Crippen molar-refractivity contribution in [3.63, 3.8) is 0 Å². The molecule has 2 heterocycles. The Labute approximate surface area is 135 Å². The van der Waals surface area contributed by atoms with Crippen LogP contribution in [0.25, 0.3) is 10.9 Å². The third kappa shape index (κ3) is 2.45. The van der Waals surface area contributed by atoms with Gasteiger partial charge in [0.15, 0.2) is 5.82 Å². The van der Waals surface area contributed by atoms with Gasteiger partial charge < -0.3 is 5.32 Å². The van der Waals surface area contributed by atoms with E-state index in [4.69, 9.17) is 0 Å². The minimum atomic E-state index is -0.426. The van der Waals surface area contributed by atoms with Crippen LogP contribution in [0.1, 0.15) is 35.1 Å². The average molecular weight is 327 g/mol. The van der Waals surface area contributed by atoms with E-state index in [9.17, 15) is 14.0 Å². The zero-order valence-corrected chi connectivity index (χ0v) is 12.6. The molecule has 8 heteroatoms. The number of hydrogen-bond acceptors (Lipinski definition) is 4. The fourth-order valence-corrected chi connectivity index (χ4v) is 2.75. The fraction of sp³-hybridized carbons (Fsp3) is 0.250. The molecule has 7 nitrogen and oxygen atoms in total. The van der Waals surface area contributed by atoms with E-state index in [0.717, 1.165) is 12.8 Å². The predicted molar refractivity (Wildman–Crippen MR) is 84.0 cm³/mol. The molecule has 4 rings (SSSR count). The molecule has 1 fully saturated rings. The van der Waals surface area contributed by atoms with Crippen LogP contribution in [-0.4, -0.2) is 25.7 Å². The number of aromatic amines is 1. The number of rotatable bonds is 4. The molecule has 0 saturated heterocycles. The van der Waals surface area contributed by atoms with Crippen molar-refractivity contribution in [2.45, 2.75) is 25.4 Å². The van der Waals surface area contributed by atoms with Crippen LogP contribution >= 0.6 is 0 Å². The van der Waals surface area contributed by atoms with Gasteiger partial charge in [-0.25, -0.2) is 14.3 Å². The van der Waals surface area contributed by atoms with Crippen molar-refractivity contribution in [1.29, 1.82) is 0 Å². The van der Waals surface area contributed by atoms with Crippen LogP contribution in [0.2, 0.25) is 0 Å². The van der Waals surface area contributed by atoms with E-state index in [1.807, 2.05) is 0 Å². The van der Waals surface area contributed by atoms with Crippen LogP contribution in [0.15, 0.2) is 35.3 Å². The average Bonchev–Trinajstić information content (AvgIpc) is 3.36. The van der Waals surface area contributed by atoms with Crippen LogP contribution < -0.4 is 11.0 Å². The van der Waals surface area contributed by atoms with Gasteiger partial charge in [0.2, 0.25) is 0 Å². The second kappa shape index (κ2) is 5.55. The number of benzene rings is 1. The molecular weight excluding hydrogens is 313 g/mol. The van der Waals surface area contributed by atoms with Gasteiger partial charge in [0.1, 0.15) is 5.82 Å². The van der Waals surface area contributed by atoms with Gasteiger partial charge in [0.05, 0.1) is 17.6 Å². The molecule has 0 radical (unpaired) electrons. The second-order valence-corrected chi connectivity index (χ2v) is 5.72. The molecule has 1 amide bonds. The van der Waals surface area contributed by atoms with Gasteiger partial charge in [-0.05, 0) is 37.1 Å². The summed E-state index contributed by atoms with van der Waals surface area (Å²) in [6.07, 6.45) is 3.39. The number of carbonyl (C=O) groups excluding carboxylic acids is 1. The van der Waals surface area contributed by atoms with Crippen molar-refractivity contribution < 1.29 is 9.18 Å². The Morgan fingerprint density at radius 3 is 3.00 bits per heavy atom. The largest absolute Gasteiger partial charge is 0.345 e. The van der Waals surface area contributed by atoms with Crippen molar-refractivity contribution in [3.05, 3.63) is 58.2 Å². The Morgan fingerprint density at radius 1 is 1.38 bits per heavy atom. The maximum atomic E-state index is 13.8. The summed E-state index contributed by atoms with van der Waals surface area (Å²) in [5.41, 5.74) is 0.315. The Morgan fingerprint density at radius 2 is 2.21 bits per heavy atom. The first kappa shape index (κ1) is 14.6. The normalized spacial score (nSPS) is 14.0. The van der Waals surface area contributed by atoms with E-state index >= 15 is 0 Å². The van der Waals surface area contributed by atoms with Crippen molar-refractivity contribution in [2.24, 2.45) is 0 Å².